The van der Waals surface area contributed by atoms with Gasteiger partial charge in [-0.1, -0.05) is 23.2 Å². The molecular weight excluding hydrogens is 353 g/mol. The van der Waals surface area contributed by atoms with Crippen LogP contribution in [0.5, 0.6) is 0 Å². The lowest BCUT2D eigenvalue weighted by atomic mass is 9.95. The summed E-state index contributed by atoms with van der Waals surface area (Å²) in [5, 5.41) is 9.50. The van der Waals surface area contributed by atoms with E-state index in [-0.39, 0.29) is 16.8 Å². The molecule has 3 rings (SSSR count). The average Bonchev–Trinajstić information content (AvgIpc) is 2.59. The number of carbonyl (C=O) groups is 1. The van der Waals surface area contributed by atoms with E-state index in [1.165, 1.54) is 12.4 Å². The first-order valence-electron chi connectivity index (χ1n) is 7.45. The summed E-state index contributed by atoms with van der Waals surface area (Å²) >= 11 is 11.8. The maximum absolute atomic E-state index is 12.3. The number of piperidine rings is 1. The van der Waals surface area contributed by atoms with Crippen LogP contribution >= 0.6 is 23.2 Å². The maximum atomic E-state index is 12.3. The second kappa shape index (κ2) is 7.19. The number of hydrogen-bond acceptors (Lipinski definition) is 5. The van der Waals surface area contributed by atoms with Crippen LogP contribution in [0.25, 0.3) is 0 Å². The minimum absolute atomic E-state index is 0.0698. The summed E-state index contributed by atoms with van der Waals surface area (Å²) < 4.78 is 0. The Balaban J connectivity index is 1.60. The molecule has 0 bridgehead atoms. The molecule has 1 saturated heterocycles. The number of aromatic nitrogens is 3. The molecule has 0 aromatic carbocycles. The molecule has 2 N–H and O–H groups in total. The Morgan fingerprint density at radius 3 is 2.67 bits per heavy atom. The van der Waals surface area contributed by atoms with Crippen molar-refractivity contribution in [1.29, 1.82) is 0 Å². The predicted molar refractivity (Wildman–Crippen MR) is 92.7 cm³/mol. The van der Waals surface area contributed by atoms with E-state index in [2.05, 4.69) is 20.5 Å². The summed E-state index contributed by atoms with van der Waals surface area (Å²) in [5.74, 6) is 0.292. The van der Waals surface area contributed by atoms with E-state index in [0.29, 0.717) is 42.5 Å². The second-order valence-corrected chi connectivity index (χ2v) is 6.32. The van der Waals surface area contributed by atoms with Crippen molar-refractivity contribution >= 4 is 40.6 Å². The Kier molecular flexibility index (Phi) is 5.01. The highest BCUT2D eigenvalue weighted by molar-refractivity contribution is 6.33. The normalized spacial score (nSPS) is 15.3. The van der Waals surface area contributed by atoms with Gasteiger partial charge in [0.25, 0.3) is 5.56 Å². The topological polar surface area (TPSA) is 91.0 Å². The van der Waals surface area contributed by atoms with Crippen LogP contribution in [0.2, 0.25) is 10.0 Å². The van der Waals surface area contributed by atoms with Gasteiger partial charge in [-0.15, -0.1) is 0 Å². The second-order valence-electron chi connectivity index (χ2n) is 5.51. The number of nitrogens with zero attached hydrogens (tertiary/aromatic N) is 3. The van der Waals surface area contributed by atoms with Crippen molar-refractivity contribution in [3.63, 3.8) is 0 Å². The Morgan fingerprint density at radius 2 is 2.00 bits per heavy atom. The van der Waals surface area contributed by atoms with Crippen molar-refractivity contribution in [1.82, 2.24) is 15.2 Å². The first-order chi connectivity index (χ1) is 11.5. The first kappa shape index (κ1) is 16.7. The molecule has 2 aromatic heterocycles. The fraction of sp³-hybridized carbons (Fsp3) is 0.333. The zero-order valence-corrected chi connectivity index (χ0v) is 14.1. The van der Waals surface area contributed by atoms with Gasteiger partial charge in [-0.25, -0.2) is 10.1 Å². The molecule has 24 heavy (non-hydrogen) atoms. The van der Waals surface area contributed by atoms with Gasteiger partial charge in [0.05, 0.1) is 16.9 Å². The van der Waals surface area contributed by atoms with Gasteiger partial charge in [0, 0.05) is 25.2 Å². The third-order valence-corrected chi connectivity index (χ3v) is 4.55. The van der Waals surface area contributed by atoms with Crippen LogP contribution in [-0.4, -0.2) is 34.2 Å². The van der Waals surface area contributed by atoms with Gasteiger partial charge in [0.2, 0.25) is 5.91 Å². The van der Waals surface area contributed by atoms with E-state index in [4.69, 9.17) is 23.2 Å². The number of carbonyl (C=O) groups excluding carboxylic acids is 1. The molecule has 1 amide bonds. The van der Waals surface area contributed by atoms with Crippen LogP contribution in [0.3, 0.4) is 0 Å². The zero-order chi connectivity index (χ0) is 17.1. The number of pyridine rings is 1. The van der Waals surface area contributed by atoms with Gasteiger partial charge in [0.1, 0.15) is 10.8 Å². The largest absolute Gasteiger partial charge is 0.369 e. The van der Waals surface area contributed by atoms with Crippen LogP contribution in [0.1, 0.15) is 12.8 Å². The van der Waals surface area contributed by atoms with E-state index in [0.717, 1.165) is 0 Å². The molecule has 0 spiro atoms. The Bertz CT molecular complexity index is 785. The molecule has 0 saturated carbocycles. The number of nitrogens with one attached hydrogen (secondary N) is 2. The monoisotopic (exact) mass is 367 g/mol. The molecular formula is C15H15Cl2N5O2. The molecule has 126 valence electrons. The molecule has 7 nitrogen and oxygen atoms in total. The first-order valence-corrected chi connectivity index (χ1v) is 8.21. The summed E-state index contributed by atoms with van der Waals surface area (Å²) in [6, 6.07) is 3.34. The maximum Gasteiger partial charge on any atom is 0.285 e. The molecule has 0 radical (unpaired) electrons. The Morgan fingerprint density at radius 1 is 1.25 bits per heavy atom. The number of aromatic amines is 1. The number of halogens is 2. The van der Waals surface area contributed by atoms with Gasteiger partial charge in [-0.2, -0.15) is 5.10 Å². The van der Waals surface area contributed by atoms with Gasteiger partial charge in [0.15, 0.2) is 0 Å². The summed E-state index contributed by atoms with van der Waals surface area (Å²) in [6.45, 7) is 1.24. The molecule has 1 aliphatic heterocycles. The highest BCUT2D eigenvalue weighted by Crippen LogP contribution is 2.27. The van der Waals surface area contributed by atoms with E-state index in [9.17, 15) is 9.59 Å². The highest BCUT2D eigenvalue weighted by Gasteiger charge is 2.26. The van der Waals surface area contributed by atoms with Gasteiger partial charge in [-0.3, -0.25) is 9.59 Å². The molecule has 3 heterocycles. The van der Waals surface area contributed by atoms with Crippen LogP contribution in [0, 0.1) is 5.92 Å². The number of anilines is 2. The van der Waals surface area contributed by atoms with Crippen molar-refractivity contribution in [2.45, 2.75) is 12.8 Å². The van der Waals surface area contributed by atoms with E-state index < -0.39 is 5.56 Å². The van der Waals surface area contributed by atoms with Crippen LogP contribution < -0.4 is 15.8 Å². The van der Waals surface area contributed by atoms with E-state index in [1.54, 1.807) is 12.1 Å². The predicted octanol–water partition coefficient (Wildman–Crippen LogP) is 2.33. The molecule has 1 aliphatic rings. The zero-order valence-electron chi connectivity index (χ0n) is 12.6. The van der Waals surface area contributed by atoms with Gasteiger partial charge < -0.3 is 10.2 Å². The third-order valence-electron chi connectivity index (χ3n) is 3.96. The minimum atomic E-state index is -0.414. The van der Waals surface area contributed by atoms with Crippen molar-refractivity contribution < 1.29 is 4.79 Å². The van der Waals surface area contributed by atoms with Crippen molar-refractivity contribution in [3.8, 4) is 0 Å². The smallest absolute Gasteiger partial charge is 0.285 e. The number of rotatable bonds is 3. The quantitative estimate of drug-likeness (QED) is 0.868. The van der Waals surface area contributed by atoms with Crippen LogP contribution in [0.4, 0.5) is 11.5 Å². The number of amides is 1. The molecule has 0 unspecified atom stereocenters. The Hall–Kier alpha value is -2.12. The highest BCUT2D eigenvalue weighted by atomic mass is 35.5. The molecule has 9 heteroatoms. The van der Waals surface area contributed by atoms with Crippen LogP contribution in [-0.2, 0) is 4.79 Å². The number of H-pyrrole nitrogens is 1. The lowest BCUT2D eigenvalue weighted by Gasteiger charge is -2.32. The fourth-order valence-electron chi connectivity index (χ4n) is 2.66. The summed E-state index contributed by atoms with van der Waals surface area (Å²) in [6.07, 6.45) is 4.33. The SMILES string of the molecule is O=C(Nc1ccc(Cl)cn1)C1CCN(c2cn[nH]c(=O)c2Cl)CC1. The summed E-state index contributed by atoms with van der Waals surface area (Å²) in [5.41, 5.74) is 0.182. The van der Waals surface area contributed by atoms with E-state index in [1.807, 2.05) is 4.90 Å². The lowest BCUT2D eigenvalue weighted by molar-refractivity contribution is -0.120. The summed E-state index contributed by atoms with van der Waals surface area (Å²) in [4.78, 5) is 29.9. The van der Waals surface area contributed by atoms with E-state index >= 15 is 0 Å². The Labute approximate surface area is 148 Å². The standard InChI is InChI=1S/C15H15Cl2N5O2/c16-10-1-2-12(18-7-10)20-14(23)9-3-5-22(6-4-9)11-8-19-21-15(24)13(11)17/h1-2,7-9H,3-6H2,(H,21,24)(H,18,20,23). The number of hydrogen-bond donors (Lipinski definition) is 2. The fourth-order valence-corrected chi connectivity index (χ4v) is 2.98. The third kappa shape index (κ3) is 3.68. The molecule has 0 atom stereocenters. The lowest BCUT2D eigenvalue weighted by Crippen LogP contribution is -2.39. The van der Waals surface area contributed by atoms with Crippen molar-refractivity contribution in [2.24, 2.45) is 5.92 Å². The minimum Gasteiger partial charge on any atom is -0.369 e. The molecule has 2 aromatic rings. The van der Waals surface area contributed by atoms with Crippen molar-refractivity contribution in [2.75, 3.05) is 23.3 Å². The average molecular weight is 368 g/mol. The van der Waals surface area contributed by atoms with Crippen LogP contribution in [0.15, 0.2) is 29.3 Å². The van der Waals surface area contributed by atoms with Gasteiger partial charge in [-0.05, 0) is 25.0 Å². The molecule has 0 aliphatic carbocycles. The van der Waals surface area contributed by atoms with Gasteiger partial charge >= 0.3 is 0 Å². The van der Waals surface area contributed by atoms with Crippen molar-refractivity contribution in [3.05, 3.63) is 44.9 Å². The molecule has 1 fully saturated rings. The summed E-state index contributed by atoms with van der Waals surface area (Å²) in [7, 11) is 0.